The van der Waals surface area contributed by atoms with Gasteiger partial charge in [0.05, 0.1) is 10.0 Å². The molecule has 1 nitrogen and oxygen atoms in total. The number of benzene rings is 2. The molecule has 0 aliphatic heterocycles. The third kappa shape index (κ3) is 2.29. The van der Waals surface area contributed by atoms with Crippen LogP contribution in [0.15, 0.2) is 36.4 Å². The van der Waals surface area contributed by atoms with Gasteiger partial charge in [0.25, 0.3) is 0 Å². The largest absolute Gasteiger partial charge is 0.288 e. The second-order valence-electron chi connectivity index (χ2n) is 4.20. The Balaban J connectivity index is 2.55. The number of rotatable bonds is 2. The van der Waals surface area contributed by atoms with Crippen LogP contribution in [0, 0.1) is 13.8 Å². The number of carbonyl (C=O) groups is 1. The van der Waals surface area contributed by atoms with E-state index in [1.54, 1.807) is 12.1 Å². The molecule has 0 saturated heterocycles. The summed E-state index contributed by atoms with van der Waals surface area (Å²) in [6.45, 7) is 3.74. The summed E-state index contributed by atoms with van der Waals surface area (Å²) in [6.07, 6.45) is 0. The Hall–Kier alpha value is -1.31. The Morgan fingerprint density at radius 3 is 1.61 bits per heavy atom. The lowest BCUT2D eigenvalue weighted by molar-refractivity contribution is 0.103. The van der Waals surface area contributed by atoms with Crippen molar-refractivity contribution in [3.8, 4) is 0 Å². The predicted octanol–water partition coefficient (Wildman–Crippen LogP) is 4.84. The summed E-state index contributed by atoms with van der Waals surface area (Å²) in [4.78, 5) is 12.4. The molecule has 0 saturated carbocycles. The standard InChI is InChI=1S/C15H12Cl2O/c1-9-5-3-7-11(13(9)16)15(18)12-8-4-6-10(2)14(12)17/h3-8H,1-2H3. The van der Waals surface area contributed by atoms with E-state index in [2.05, 4.69) is 0 Å². The third-order valence-corrected chi connectivity index (χ3v) is 3.88. The molecule has 2 aromatic carbocycles. The van der Waals surface area contributed by atoms with Crippen molar-refractivity contribution >= 4 is 29.0 Å². The van der Waals surface area contributed by atoms with Crippen molar-refractivity contribution in [3.05, 3.63) is 68.7 Å². The van der Waals surface area contributed by atoms with Crippen LogP contribution in [0.1, 0.15) is 27.0 Å². The van der Waals surface area contributed by atoms with E-state index < -0.39 is 0 Å². The maximum absolute atomic E-state index is 12.4. The third-order valence-electron chi connectivity index (χ3n) is 2.87. The fourth-order valence-corrected chi connectivity index (χ4v) is 2.21. The van der Waals surface area contributed by atoms with Gasteiger partial charge in [-0.2, -0.15) is 0 Å². The van der Waals surface area contributed by atoms with Crippen LogP contribution in [0.25, 0.3) is 0 Å². The first-order valence-corrected chi connectivity index (χ1v) is 6.33. The van der Waals surface area contributed by atoms with Crippen LogP contribution in [0.5, 0.6) is 0 Å². The normalized spacial score (nSPS) is 10.4. The van der Waals surface area contributed by atoms with Crippen molar-refractivity contribution in [3.63, 3.8) is 0 Å². The average molecular weight is 279 g/mol. The zero-order valence-electron chi connectivity index (χ0n) is 10.1. The van der Waals surface area contributed by atoms with Crippen molar-refractivity contribution in [1.29, 1.82) is 0 Å². The van der Waals surface area contributed by atoms with Gasteiger partial charge in [-0.15, -0.1) is 0 Å². The molecule has 0 N–H and O–H groups in total. The van der Waals surface area contributed by atoms with Gasteiger partial charge in [0.1, 0.15) is 0 Å². The number of hydrogen-bond donors (Lipinski definition) is 0. The van der Waals surface area contributed by atoms with Gasteiger partial charge >= 0.3 is 0 Å². The monoisotopic (exact) mass is 278 g/mol. The Kier molecular flexibility index (Phi) is 3.74. The minimum atomic E-state index is -0.141. The van der Waals surface area contributed by atoms with Crippen molar-refractivity contribution in [2.24, 2.45) is 0 Å². The van der Waals surface area contributed by atoms with Gasteiger partial charge < -0.3 is 0 Å². The molecule has 3 heteroatoms. The molecule has 0 aromatic heterocycles. The average Bonchev–Trinajstić information content (AvgIpc) is 2.35. The van der Waals surface area contributed by atoms with Gasteiger partial charge in [0.15, 0.2) is 5.78 Å². The van der Waals surface area contributed by atoms with Crippen molar-refractivity contribution in [2.45, 2.75) is 13.8 Å². The highest BCUT2D eigenvalue weighted by molar-refractivity contribution is 6.38. The second kappa shape index (κ2) is 5.13. The van der Waals surface area contributed by atoms with Crippen LogP contribution >= 0.6 is 23.2 Å². The van der Waals surface area contributed by atoms with Crippen molar-refractivity contribution in [2.75, 3.05) is 0 Å². The van der Waals surface area contributed by atoms with Gasteiger partial charge in [-0.3, -0.25) is 4.79 Å². The van der Waals surface area contributed by atoms with E-state index in [1.807, 2.05) is 38.1 Å². The molecule has 0 spiro atoms. The summed E-state index contributed by atoms with van der Waals surface area (Å²) >= 11 is 12.3. The highest BCUT2D eigenvalue weighted by Crippen LogP contribution is 2.27. The molecule has 18 heavy (non-hydrogen) atoms. The number of ketones is 1. The summed E-state index contributed by atoms with van der Waals surface area (Å²) in [5, 5.41) is 0.972. The summed E-state index contributed by atoms with van der Waals surface area (Å²) in [5.74, 6) is -0.141. The van der Waals surface area contributed by atoms with E-state index in [-0.39, 0.29) is 5.78 Å². The van der Waals surface area contributed by atoms with Gasteiger partial charge in [-0.1, -0.05) is 47.5 Å². The fourth-order valence-electron chi connectivity index (χ4n) is 1.79. The van der Waals surface area contributed by atoms with E-state index in [0.29, 0.717) is 21.2 Å². The van der Waals surface area contributed by atoms with Crippen LogP contribution in [0.3, 0.4) is 0 Å². The maximum Gasteiger partial charge on any atom is 0.196 e. The topological polar surface area (TPSA) is 17.1 Å². The van der Waals surface area contributed by atoms with Gasteiger partial charge in [0.2, 0.25) is 0 Å². The van der Waals surface area contributed by atoms with Gasteiger partial charge in [0, 0.05) is 11.1 Å². The molecule has 92 valence electrons. The van der Waals surface area contributed by atoms with Crippen LogP contribution in [0.4, 0.5) is 0 Å². The molecule has 0 aliphatic rings. The molecule has 0 unspecified atom stereocenters. The minimum Gasteiger partial charge on any atom is -0.288 e. The molecule has 2 aromatic rings. The van der Waals surface area contributed by atoms with Crippen LogP contribution in [-0.2, 0) is 0 Å². The SMILES string of the molecule is Cc1cccc(C(=O)c2cccc(C)c2Cl)c1Cl. The summed E-state index contributed by atoms with van der Waals surface area (Å²) < 4.78 is 0. The van der Waals surface area contributed by atoms with Crippen LogP contribution < -0.4 is 0 Å². The molecule has 0 bridgehead atoms. The van der Waals surface area contributed by atoms with E-state index in [9.17, 15) is 4.79 Å². The first kappa shape index (κ1) is 13.1. The summed E-state index contributed by atoms with van der Waals surface area (Å²) in [6, 6.07) is 10.8. The van der Waals surface area contributed by atoms with Gasteiger partial charge in [-0.25, -0.2) is 0 Å². The molecule has 0 radical (unpaired) electrons. The number of aryl methyl sites for hydroxylation is 2. The van der Waals surface area contributed by atoms with Crippen molar-refractivity contribution < 1.29 is 4.79 Å². The van der Waals surface area contributed by atoms with Crippen molar-refractivity contribution in [1.82, 2.24) is 0 Å². The lowest BCUT2D eigenvalue weighted by Gasteiger charge is -2.08. The summed E-state index contributed by atoms with van der Waals surface area (Å²) in [7, 11) is 0. The zero-order valence-corrected chi connectivity index (χ0v) is 11.6. The highest BCUT2D eigenvalue weighted by Gasteiger charge is 2.17. The molecular weight excluding hydrogens is 267 g/mol. The maximum atomic E-state index is 12.4. The fraction of sp³-hybridized carbons (Fsp3) is 0.133. The van der Waals surface area contributed by atoms with E-state index in [4.69, 9.17) is 23.2 Å². The highest BCUT2D eigenvalue weighted by atomic mass is 35.5. The molecule has 2 rings (SSSR count). The van der Waals surface area contributed by atoms with Crippen LogP contribution in [0.2, 0.25) is 10.0 Å². The lowest BCUT2D eigenvalue weighted by Crippen LogP contribution is -2.04. The first-order valence-electron chi connectivity index (χ1n) is 5.57. The number of halogens is 2. The van der Waals surface area contributed by atoms with E-state index in [1.165, 1.54) is 0 Å². The lowest BCUT2D eigenvalue weighted by atomic mass is 10.00. The quantitative estimate of drug-likeness (QED) is 0.719. The smallest absolute Gasteiger partial charge is 0.196 e. The molecule has 0 heterocycles. The Morgan fingerprint density at radius 1 is 0.833 bits per heavy atom. The summed E-state index contributed by atoms with van der Waals surface area (Å²) in [5.41, 5.74) is 2.74. The predicted molar refractivity (Wildman–Crippen MR) is 75.8 cm³/mol. The molecule has 0 atom stereocenters. The van der Waals surface area contributed by atoms with Crippen LogP contribution in [-0.4, -0.2) is 5.78 Å². The Morgan fingerprint density at radius 2 is 1.22 bits per heavy atom. The van der Waals surface area contributed by atoms with E-state index in [0.717, 1.165) is 11.1 Å². The number of hydrogen-bond acceptors (Lipinski definition) is 1. The van der Waals surface area contributed by atoms with E-state index >= 15 is 0 Å². The molecule has 0 aliphatic carbocycles. The number of carbonyl (C=O) groups excluding carboxylic acids is 1. The minimum absolute atomic E-state index is 0.141. The molecule has 0 amide bonds. The zero-order chi connectivity index (χ0) is 13.3. The Bertz CT molecular complexity index is 564. The first-order chi connectivity index (χ1) is 8.52. The molecule has 0 fully saturated rings. The Labute approximate surface area is 116 Å². The second-order valence-corrected chi connectivity index (χ2v) is 4.96. The molecular formula is C15H12Cl2O. The van der Waals surface area contributed by atoms with Gasteiger partial charge in [-0.05, 0) is 37.1 Å².